The van der Waals surface area contributed by atoms with Crippen LogP contribution in [0.25, 0.3) is 5.69 Å². The Labute approximate surface area is 239 Å². The summed E-state index contributed by atoms with van der Waals surface area (Å²) in [4.78, 5) is 13.0. The van der Waals surface area contributed by atoms with Crippen molar-refractivity contribution in [3.8, 4) is 11.4 Å². The Morgan fingerprint density at radius 1 is 1.00 bits per heavy atom. The van der Waals surface area contributed by atoms with Crippen LogP contribution in [0.2, 0.25) is 5.02 Å². The van der Waals surface area contributed by atoms with Gasteiger partial charge >= 0.3 is 0 Å². The van der Waals surface area contributed by atoms with E-state index in [4.69, 9.17) is 16.3 Å². The average Bonchev–Trinajstić information content (AvgIpc) is 3.20. The number of hydrogen-bond donors (Lipinski definition) is 1. The van der Waals surface area contributed by atoms with Gasteiger partial charge in [-0.05, 0) is 75.2 Å². The van der Waals surface area contributed by atoms with Crippen LogP contribution >= 0.6 is 11.6 Å². The monoisotopic (exact) mass is 578 g/mol. The van der Waals surface area contributed by atoms with Gasteiger partial charge in [-0.1, -0.05) is 48.0 Å². The quantitative estimate of drug-likeness (QED) is 0.203. The van der Waals surface area contributed by atoms with E-state index in [2.05, 4.69) is 41.1 Å². The second kappa shape index (κ2) is 12.0. The van der Waals surface area contributed by atoms with E-state index in [9.17, 15) is 13.2 Å². The van der Waals surface area contributed by atoms with Crippen molar-refractivity contribution < 1.29 is 17.9 Å². The number of para-hydroxylation sites is 1. The van der Waals surface area contributed by atoms with E-state index in [1.165, 1.54) is 31.4 Å². The molecule has 8 nitrogen and oxygen atoms in total. The van der Waals surface area contributed by atoms with Crippen molar-refractivity contribution in [2.75, 3.05) is 18.0 Å². The van der Waals surface area contributed by atoms with Gasteiger partial charge in [0.2, 0.25) is 0 Å². The third-order valence-corrected chi connectivity index (χ3v) is 8.65. The number of methoxy groups -OCH3 is 1. The molecule has 1 heterocycles. The first-order valence-corrected chi connectivity index (χ1v) is 14.3. The molecule has 0 fully saturated rings. The summed E-state index contributed by atoms with van der Waals surface area (Å²) in [7, 11) is -2.63. The Balaban J connectivity index is 1.59. The van der Waals surface area contributed by atoms with Gasteiger partial charge in [0.25, 0.3) is 15.9 Å². The Morgan fingerprint density at radius 2 is 1.68 bits per heavy atom. The molecule has 4 aromatic rings. The number of sulfonamides is 1. The summed E-state index contributed by atoms with van der Waals surface area (Å²) in [6.07, 6.45) is 1.56. The molecule has 0 spiro atoms. The normalized spacial score (nSPS) is 11.6. The fourth-order valence-corrected chi connectivity index (χ4v) is 6.29. The van der Waals surface area contributed by atoms with Gasteiger partial charge in [0.1, 0.15) is 12.3 Å². The number of nitrogens with zero attached hydrogens (tertiary/aromatic N) is 3. The molecule has 0 atom stereocenters. The van der Waals surface area contributed by atoms with Crippen molar-refractivity contribution in [3.05, 3.63) is 106 Å². The third kappa shape index (κ3) is 5.90. The molecule has 1 amide bonds. The predicted octanol–water partition coefficient (Wildman–Crippen LogP) is 5.72. The molecule has 208 valence electrons. The van der Waals surface area contributed by atoms with E-state index < -0.39 is 22.5 Å². The first kappa shape index (κ1) is 28.9. The lowest BCUT2D eigenvalue weighted by molar-refractivity contribution is -0.119. The minimum absolute atomic E-state index is 0.0391. The lowest BCUT2D eigenvalue weighted by Gasteiger charge is -2.24. The van der Waals surface area contributed by atoms with Crippen molar-refractivity contribution in [1.29, 1.82) is 0 Å². The van der Waals surface area contributed by atoms with Gasteiger partial charge < -0.3 is 9.30 Å². The average molecular weight is 579 g/mol. The van der Waals surface area contributed by atoms with Crippen molar-refractivity contribution in [2.45, 2.75) is 32.6 Å². The molecule has 4 rings (SSSR count). The van der Waals surface area contributed by atoms with Gasteiger partial charge in [0.15, 0.2) is 0 Å². The van der Waals surface area contributed by atoms with Crippen molar-refractivity contribution in [1.82, 2.24) is 9.99 Å². The zero-order valence-corrected chi connectivity index (χ0v) is 24.5. The van der Waals surface area contributed by atoms with Crippen LogP contribution < -0.4 is 14.5 Å². The maximum absolute atomic E-state index is 13.5. The minimum atomic E-state index is -4.09. The third-order valence-electron chi connectivity index (χ3n) is 6.57. The Hall–Kier alpha value is -4.08. The molecule has 3 aromatic carbocycles. The summed E-state index contributed by atoms with van der Waals surface area (Å²) < 4.78 is 35.4. The number of carbonyl (C=O) groups is 1. The van der Waals surface area contributed by atoms with Crippen molar-refractivity contribution >= 4 is 39.4 Å². The first-order chi connectivity index (χ1) is 19.0. The highest BCUT2D eigenvalue weighted by Gasteiger charge is 2.27. The van der Waals surface area contributed by atoms with Crippen molar-refractivity contribution in [2.24, 2.45) is 5.10 Å². The predicted molar refractivity (Wildman–Crippen MR) is 159 cm³/mol. The van der Waals surface area contributed by atoms with Gasteiger partial charge in [0.05, 0.1) is 34.6 Å². The smallest absolute Gasteiger partial charge is 0.264 e. The van der Waals surface area contributed by atoms with E-state index >= 15 is 0 Å². The number of aryl methyl sites for hydroxylation is 3. The maximum atomic E-state index is 13.5. The summed E-state index contributed by atoms with van der Waals surface area (Å²) in [6.45, 7) is 7.63. The molecule has 1 aromatic heterocycles. The lowest BCUT2D eigenvalue weighted by Crippen LogP contribution is -2.39. The highest BCUT2D eigenvalue weighted by atomic mass is 35.5. The van der Waals surface area contributed by atoms with E-state index in [1.54, 1.807) is 30.5 Å². The SMILES string of the molecule is COc1ccc(N(CC(=O)N/N=C/c2cc(C)n(-c3c(C)cccc3C)c2C)S(=O)(=O)c2ccccc2)cc1Cl. The number of amides is 1. The summed E-state index contributed by atoms with van der Waals surface area (Å²) in [5, 5.41) is 4.35. The number of ether oxygens (including phenoxy) is 1. The number of aromatic nitrogens is 1. The first-order valence-electron chi connectivity index (χ1n) is 12.5. The molecule has 0 aliphatic heterocycles. The van der Waals surface area contributed by atoms with Gasteiger partial charge in [0, 0.05) is 17.0 Å². The van der Waals surface area contributed by atoms with E-state index in [0.29, 0.717) is 5.75 Å². The van der Waals surface area contributed by atoms with Crippen LogP contribution in [0.5, 0.6) is 5.75 Å². The Kier molecular flexibility index (Phi) is 8.66. The fraction of sp³-hybridized carbons (Fsp3) is 0.200. The summed E-state index contributed by atoms with van der Waals surface area (Å²) in [5.41, 5.74) is 8.92. The second-order valence-electron chi connectivity index (χ2n) is 9.34. The van der Waals surface area contributed by atoms with Crippen LogP contribution in [0.15, 0.2) is 82.8 Å². The van der Waals surface area contributed by atoms with Gasteiger partial charge in [-0.15, -0.1) is 0 Å². The molecule has 0 bridgehead atoms. The zero-order valence-electron chi connectivity index (χ0n) is 23.0. The van der Waals surface area contributed by atoms with Gasteiger partial charge in [-0.3, -0.25) is 9.10 Å². The molecule has 10 heteroatoms. The van der Waals surface area contributed by atoms with E-state index in [1.807, 2.05) is 26.0 Å². The number of benzene rings is 3. The second-order valence-corrected chi connectivity index (χ2v) is 11.6. The molecule has 0 radical (unpaired) electrons. The molecule has 0 aliphatic carbocycles. The molecule has 0 unspecified atom stereocenters. The fourth-order valence-electron chi connectivity index (χ4n) is 4.61. The van der Waals surface area contributed by atoms with Gasteiger partial charge in [-0.2, -0.15) is 5.10 Å². The number of rotatable bonds is 9. The standard InChI is InChI=1S/C30H31ClN4O4S/c1-20-10-9-11-21(2)30(20)35-22(3)16-24(23(35)4)18-32-33-29(36)19-34(25-14-15-28(39-5)27(31)17-25)40(37,38)26-12-7-6-8-13-26/h6-18H,19H2,1-5H3,(H,33,36)/b32-18+. The number of halogens is 1. The zero-order chi connectivity index (χ0) is 29.0. The van der Waals surface area contributed by atoms with Crippen molar-refractivity contribution in [3.63, 3.8) is 0 Å². The van der Waals surface area contributed by atoms with Crippen LogP contribution in [-0.4, -0.2) is 38.8 Å². The maximum Gasteiger partial charge on any atom is 0.264 e. The summed E-state index contributed by atoms with van der Waals surface area (Å²) >= 11 is 6.28. The van der Waals surface area contributed by atoms with E-state index in [0.717, 1.165) is 38.1 Å². The number of hydrogen-bond acceptors (Lipinski definition) is 5. The minimum Gasteiger partial charge on any atom is -0.495 e. The van der Waals surface area contributed by atoms with Gasteiger partial charge in [-0.25, -0.2) is 13.8 Å². The molecule has 0 saturated carbocycles. The highest BCUT2D eigenvalue weighted by molar-refractivity contribution is 7.92. The Morgan fingerprint density at radius 3 is 2.30 bits per heavy atom. The molecule has 1 N–H and O–H groups in total. The number of anilines is 1. The van der Waals surface area contributed by atoms with Crippen LogP contribution in [0, 0.1) is 27.7 Å². The van der Waals surface area contributed by atoms with E-state index in [-0.39, 0.29) is 15.6 Å². The largest absolute Gasteiger partial charge is 0.495 e. The van der Waals surface area contributed by atoms with Crippen LogP contribution in [0.1, 0.15) is 28.1 Å². The molecular weight excluding hydrogens is 548 g/mol. The molecule has 0 aliphatic rings. The van der Waals surface area contributed by atoms with Crippen LogP contribution in [-0.2, 0) is 14.8 Å². The molecule has 0 saturated heterocycles. The lowest BCUT2D eigenvalue weighted by atomic mass is 10.1. The number of hydrazone groups is 1. The molecular formula is C30H31ClN4O4S. The number of carbonyl (C=O) groups excluding carboxylic acids is 1. The van der Waals surface area contributed by atoms with Crippen LogP contribution in [0.3, 0.4) is 0 Å². The molecule has 40 heavy (non-hydrogen) atoms. The van der Waals surface area contributed by atoms with Crippen LogP contribution in [0.4, 0.5) is 5.69 Å². The summed E-state index contributed by atoms with van der Waals surface area (Å²) in [6, 6.07) is 20.6. The summed E-state index contributed by atoms with van der Waals surface area (Å²) in [5.74, 6) is -0.235. The highest BCUT2D eigenvalue weighted by Crippen LogP contribution is 2.32. The topological polar surface area (TPSA) is 93.0 Å². The Bertz CT molecular complexity index is 1660. The number of nitrogens with one attached hydrogen (secondary N) is 1.